The van der Waals surface area contributed by atoms with Gasteiger partial charge in [-0.3, -0.25) is 0 Å². The molecule has 0 atom stereocenters. The predicted octanol–water partition coefficient (Wildman–Crippen LogP) is 2.74. The second-order valence-corrected chi connectivity index (χ2v) is 5.54. The zero-order chi connectivity index (χ0) is 16.5. The van der Waals surface area contributed by atoms with E-state index in [0.29, 0.717) is 19.6 Å². The Labute approximate surface area is 137 Å². The highest BCUT2D eigenvalue weighted by Crippen LogP contribution is 2.07. The van der Waals surface area contributed by atoms with Gasteiger partial charge < -0.3 is 15.3 Å². The number of nitrogens with one attached hydrogen (secondary N) is 1. The Morgan fingerprint density at radius 3 is 2.48 bits per heavy atom. The Morgan fingerprint density at radius 1 is 1.09 bits per heavy atom. The normalized spacial score (nSPS) is 10.3. The number of hydrogen-bond acceptors (Lipinski definition) is 2. The number of aliphatic hydroxyl groups excluding tert-OH is 1. The molecule has 0 bridgehead atoms. The smallest absolute Gasteiger partial charge is 0.317 e. The molecule has 0 heterocycles. The molecule has 0 aromatic heterocycles. The number of aryl methyl sites for hydroxylation is 1. The van der Waals surface area contributed by atoms with Gasteiger partial charge >= 0.3 is 6.03 Å². The number of nitrogens with zero attached hydrogens (tertiary/aromatic N) is 1. The fourth-order valence-corrected chi connectivity index (χ4v) is 2.48. The Hall–Kier alpha value is -2.33. The number of rotatable bonds is 7. The van der Waals surface area contributed by atoms with Crippen molar-refractivity contribution in [3.63, 3.8) is 0 Å². The molecule has 2 rings (SSSR count). The number of hydrogen-bond donors (Lipinski definition) is 2. The number of amides is 2. The molecule has 4 heteroatoms. The zero-order valence-electron chi connectivity index (χ0n) is 13.5. The van der Waals surface area contributed by atoms with E-state index in [9.17, 15) is 9.90 Å². The Bertz CT molecular complexity index is 614. The minimum Gasteiger partial charge on any atom is -0.395 e. The van der Waals surface area contributed by atoms with Crippen LogP contribution in [0, 0.1) is 6.92 Å². The molecule has 0 radical (unpaired) electrons. The van der Waals surface area contributed by atoms with Gasteiger partial charge in [-0.2, -0.15) is 0 Å². The van der Waals surface area contributed by atoms with Crippen LogP contribution in [0.5, 0.6) is 0 Å². The van der Waals surface area contributed by atoms with Crippen molar-refractivity contribution in [3.05, 3.63) is 71.3 Å². The predicted molar refractivity (Wildman–Crippen MR) is 92.2 cm³/mol. The van der Waals surface area contributed by atoms with Crippen LogP contribution in [0.15, 0.2) is 54.6 Å². The van der Waals surface area contributed by atoms with Crippen molar-refractivity contribution in [2.75, 3.05) is 19.7 Å². The van der Waals surface area contributed by atoms with E-state index in [0.717, 1.165) is 12.0 Å². The molecule has 2 amide bonds. The second kappa shape index (κ2) is 8.96. The van der Waals surface area contributed by atoms with Gasteiger partial charge in [0.15, 0.2) is 0 Å². The molecule has 2 aromatic rings. The highest BCUT2D eigenvalue weighted by Gasteiger charge is 2.12. The molecule has 0 fully saturated rings. The van der Waals surface area contributed by atoms with Crippen LogP contribution in [0.25, 0.3) is 0 Å². The van der Waals surface area contributed by atoms with Crippen LogP contribution in [0.3, 0.4) is 0 Å². The maximum atomic E-state index is 12.3. The molecule has 2 aromatic carbocycles. The number of aliphatic hydroxyl groups is 1. The van der Waals surface area contributed by atoms with Gasteiger partial charge in [0.25, 0.3) is 0 Å². The van der Waals surface area contributed by atoms with Gasteiger partial charge in [0.1, 0.15) is 0 Å². The molecule has 0 aliphatic carbocycles. The van der Waals surface area contributed by atoms with Crippen LogP contribution in [-0.4, -0.2) is 35.7 Å². The van der Waals surface area contributed by atoms with Crippen LogP contribution < -0.4 is 5.32 Å². The molecule has 0 unspecified atom stereocenters. The third-order valence-electron chi connectivity index (χ3n) is 3.81. The highest BCUT2D eigenvalue weighted by molar-refractivity contribution is 5.74. The minimum absolute atomic E-state index is 0.0436. The molecule has 4 nitrogen and oxygen atoms in total. The lowest BCUT2D eigenvalue weighted by molar-refractivity contribution is 0.174. The van der Waals surface area contributed by atoms with Gasteiger partial charge in [-0.1, -0.05) is 54.6 Å². The topological polar surface area (TPSA) is 52.6 Å². The first-order valence-electron chi connectivity index (χ1n) is 7.93. The first kappa shape index (κ1) is 17.0. The van der Waals surface area contributed by atoms with E-state index < -0.39 is 0 Å². The molecular formula is C19H24N2O2. The lowest BCUT2D eigenvalue weighted by Gasteiger charge is -2.22. The van der Waals surface area contributed by atoms with Crippen molar-refractivity contribution in [1.29, 1.82) is 0 Å². The third kappa shape index (κ3) is 5.42. The van der Waals surface area contributed by atoms with E-state index in [1.807, 2.05) is 42.5 Å². The molecule has 122 valence electrons. The average Bonchev–Trinajstić information content (AvgIpc) is 2.57. The first-order chi connectivity index (χ1) is 11.2. The van der Waals surface area contributed by atoms with Crippen LogP contribution >= 0.6 is 0 Å². The lowest BCUT2D eigenvalue weighted by atomic mass is 10.1. The number of benzene rings is 2. The van der Waals surface area contributed by atoms with Gasteiger partial charge in [0, 0.05) is 19.6 Å². The molecule has 0 saturated carbocycles. The van der Waals surface area contributed by atoms with Crippen LogP contribution in [0.1, 0.15) is 16.7 Å². The molecule has 0 aliphatic rings. The maximum absolute atomic E-state index is 12.3. The maximum Gasteiger partial charge on any atom is 0.317 e. The van der Waals surface area contributed by atoms with Crippen molar-refractivity contribution in [2.45, 2.75) is 19.9 Å². The largest absolute Gasteiger partial charge is 0.395 e. The summed E-state index contributed by atoms with van der Waals surface area (Å²) in [5.41, 5.74) is 3.53. The van der Waals surface area contributed by atoms with E-state index >= 15 is 0 Å². The summed E-state index contributed by atoms with van der Waals surface area (Å²) in [6.45, 7) is 3.44. The van der Waals surface area contributed by atoms with Gasteiger partial charge in [-0.05, 0) is 30.0 Å². The van der Waals surface area contributed by atoms with Crippen LogP contribution in [-0.2, 0) is 13.0 Å². The lowest BCUT2D eigenvalue weighted by Crippen LogP contribution is -2.41. The summed E-state index contributed by atoms with van der Waals surface area (Å²) in [7, 11) is 0. The van der Waals surface area contributed by atoms with Gasteiger partial charge in [-0.25, -0.2) is 4.79 Å². The fourth-order valence-electron chi connectivity index (χ4n) is 2.48. The summed E-state index contributed by atoms with van der Waals surface area (Å²) in [6.07, 6.45) is 0.802. The molecular weight excluding hydrogens is 288 g/mol. The Balaban J connectivity index is 1.87. The molecule has 0 aliphatic heterocycles. The average molecular weight is 312 g/mol. The van der Waals surface area contributed by atoms with Crippen LogP contribution in [0.2, 0.25) is 0 Å². The van der Waals surface area contributed by atoms with Gasteiger partial charge in [0.2, 0.25) is 0 Å². The van der Waals surface area contributed by atoms with Crippen molar-refractivity contribution < 1.29 is 9.90 Å². The van der Waals surface area contributed by atoms with Crippen molar-refractivity contribution >= 4 is 6.03 Å². The quantitative estimate of drug-likeness (QED) is 0.826. The SMILES string of the molecule is Cc1ccccc1CCNC(=O)N(CCO)Cc1ccccc1. The van der Waals surface area contributed by atoms with E-state index in [1.54, 1.807) is 4.90 Å². The molecule has 2 N–H and O–H groups in total. The number of carbonyl (C=O) groups is 1. The van der Waals surface area contributed by atoms with Crippen LogP contribution in [0.4, 0.5) is 4.79 Å². The molecule has 23 heavy (non-hydrogen) atoms. The van der Waals surface area contributed by atoms with E-state index in [4.69, 9.17) is 0 Å². The zero-order valence-corrected chi connectivity index (χ0v) is 13.5. The highest BCUT2D eigenvalue weighted by atomic mass is 16.3. The molecule has 0 saturated heterocycles. The second-order valence-electron chi connectivity index (χ2n) is 5.54. The summed E-state index contributed by atoms with van der Waals surface area (Å²) in [4.78, 5) is 13.9. The monoisotopic (exact) mass is 312 g/mol. The Morgan fingerprint density at radius 2 is 1.78 bits per heavy atom. The van der Waals surface area contributed by atoms with E-state index in [-0.39, 0.29) is 12.6 Å². The number of urea groups is 1. The van der Waals surface area contributed by atoms with Crippen molar-refractivity contribution in [3.8, 4) is 0 Å². The summed E-state index contributed by atoms with van der Waals surface area (Å²) in [5, 5.41) is 12.1. The standard InChI is InChI=1S/C19H24N2O2/c1-16-7-5-6-10-18(16)11-12-20-19(23)21(13-14-22)15-17-8-3-2-4-9-17/h2-10,22H,11-15H2,1H3,(H,20,23). The first-order valence-corrected chi connectivity index (χ1v) is 7.93. The third-order valence-corrected chi connectivity index (χ3v) is 3.81. The van der Waals surface area contributed by atoms with E-state index in [1.165, 1.54) is 11.1 Å². The minimum atomic E-state index is -0.142. The van der Waals surface area contributed by atoms with E-state index in [2.05, 4.69) is 24.4 Å². The van der Waals surface area contributed by atoms with Crippen molar-refractivity contribution in [2.24, 2.45) is 0 Å². The summed E-state index contributed by atoms with van der Waals surface area (Å²) in [5.74, 6) is 0. The van der Waals surface area contributed by atoms with Crippen molar-refractivity contribution in [1.82, 2.24) is 10.2 Å². The summed E-state index contributed by atoms with van der Waals surface area (Å²) >= 11 is 0. The fraction of sp³-hybridized carbons (Fsp3) is 0.316. The van der Waals surface area contributed by atoms with Gasteiger partial charge in [0.05, 0.1) is 6.61 Å². The van der Waals surface area contributed by atoms with Gasteiger partial charge in [-0.15, -0.1) is 0 Å². The summed E-state index contributed by atoms with van der Waals surface area (Å²) in [6, 6.07) is 17.8. The molecule has 0 spiro atoms. The number of carbonyl (C=O) groups excluding carboxylic acids is 1. The Kier molecular flexibility index (Phi) is 6.63. The summed E-state index contributed by atoms with van der Waals surface area (Å²) < 4.78 is 0.